The minimum Gasteiger partial charge on any atom is -0.493 e. The molecule has 150 valence electrons. The van der Waals surface area contributed by atoms with Crippen molar-refractivity contribution in [2.45, 2.75) is 13.8 Å². The van der Waals surface area contributed by atoms with Crippen LogP contribution in [0.3, 0.4) is 0 Å². The Morgan fingerprint density at radius 2 is 1.93 bits per heavy atom. The summed E-state index contributed by atoms with van der Waals surface area (Å²) in [6, 6.07) is 11.1. The lowest BCUT2D eigenvalue weighted by Gasteiger charge is -2.10. The van der Waals surface area contributed by atoms with E-state index in [-0.39, 0.29) is 26.4 Å². The number of carbonyl (C=O) groups is 2. The van der Waals surface area contributed by atoms with Crippen LogP contribution in [0.25, 0.3) is 10.8 Å². The van der Waals surface area contributed by atoms with Gasteiger partial charge in [-0.2, -0.15) is 0 Å². The van der Waals surface area contributed by atoms with Gasteiger partial charge in [-0.25, -0.2) is 9.59 Å². The molecule has 0 radical (unpaired) electrons. The molecule has 0 saturated carbocycles. The number of rotatable bonds is 10. The molecule has 0 fully saturated rings. The molecule has 0 saturated heterocycles. The minimum atomic E-state index is -0.572. The predicted octanol–water partition coefficient (Wildman–Crippen LogP) is 3.46. The van der Waals surface area contributed by atoms with Gasteiger partial charge in [0.25, 0.3) is 0 Å². The molecule has 2 aromatic carbocycles. The fourth-order valence-corrected chi connectivity index (χ4v) is 2.36. The Labute approximate surface area is 164 Å². The average molecular weight is 387 g/mol. The second-order valence-electron chi connectivity index (χ2n) is 5.92. The Balaban J connectivity index is 1.71. The van der Waals surface area contributed by atoms with E-state index in [1.165, 1.54) is 0 Å². The highest BCUT2D eigenvalue weighted by Gasteiger charge is 2.07. The summed E-state index contributed by atoms with van der Waals surface area (Å²) in [5.41, 5.74) is 0.340. The van der Waals surface area contributed by atoms with E-state index < -0.39 is 12.1 Å². The smallest absolute Gasteiger partial charge is 0.412 e. The highest BCUT2D eigenvalue weighted by atomic mass is 16.6. The lowest BCUT2D eigenvalue weighted by Crippen LogP contribution is -2.30. The monoisotopic (exact) mass is 387 g/mol. The molecule has 7 nitrogen and oxygen atoms in total. The van der Waals surface area contributed by atoms with E-state index in [9.17, 15) is 9.59 Å². The quantitative estimate of drug-likeness (QED) is 0.382. The molecule has 28 heavy (non-hydrogen) atoms. The van der Waals surface area contributed by atoms with Crippen molar-refractivity contribution in [2.24, 2.45) is 0 Å². The number of hydrogen-bond acceptors (Lipinski definition) is 6. The van der Waals surface area contributed by atoms with Crippen LogP contribution in [0.15, 0.2) is 48.6 Å². The minimum absolute atomic E-state index is 0.136. The van der Waals surface area contributed by atoms with Gasteiger partial charge in [0.15, 0.2) is 0 Å². The van der Waals surface area contributed by atoms with E-state index in [4.69, 9.17) is 18.9 Å². The molecular weight excluding hydrogens is 362 g/mol. The van der Waals surface area contributed by atoms with Crippen LogP contribution in [0, 0.1) is 0 Å². The van der Waals surface area contributed by atoms with Gasteiger partial charge in [-0.1, -0.05) is 18.7 Å². The number of carbonyl (C=O) groups excluding carboxylic acids is 2. The summed E-state index contributed by atoms with van der Waals surface area (Å²) >= 11 is 0. The molecule has 0 aliphatic heterocycles. The lowest BCUT2D eigenvalue weighted by atomic mass is 10.1. The third-order valence-corrected chi connectivity index (χ3v) is 3.65. The maximum atomic E-state index is 11.9. The van der Waals surface area contributed by atoms with Gasteiger partial charge in [-0.05, 0) is 43.5 Å². The van der Waals surface area contributed by atoms with Crippen LogP contribution in [0.2, 0.25) is 0 Å². The van der Waals surface area contributed by atoms with Crippen molar-refractivity contribution < 1.29 is 28.5 Å². The third kappa shape index (κ3) is 6.59. The topological polar surface area (TPSA) is 83.1 Å². The molecule has 0 bridgehead atoms. The van der Waals surface area contributed by atoms with Gasteiger partial charge in [-0.3, -0.25) is 0 Å². The van der Waals surface area contributed by atoms with Gasteiger partial charge < -0.3 is 24.3 Å². The third-order valence-electron chi connectivity index (χ3n) is 3.65. The van der Waals surface area contributed by atoms with Gasteiger partial charge in [0, 0.05) is 17.5 Å². The normalized spacial score (nSPS) is 10.4. The Morgan fingerprint density at radius 3 is 2.68 bits per heavy atom. The summed E-state index contributed by atoms with van der Waals surface area (Å²) in [4.78, 5) is 23.0. The first-order chi connectivity index (χ1) is 13.5. The zero-order chi connectivity index (χ0) is 20.4. The standard InChI is InChI=1S/C21H25NO6/c1-4-26-19-7-5-6-16-14-17(8-9-18(16)19)28-21(24)22-10-11-25-12-13-27-20(23)15(2)3/h5-9,14H,2,4,10-13H2,1,3H3,(H,22,24). The average Bonchev–Trinajstić information content (AvgIpc) is 2.67. The van der Waals surface area contributed by atoms with E-state index >= 15 is 0 Å². The second kappa shape index (κ2) is 10.9. The highest BCUT2D eigenvalue weighted by molar-refractivity contribution is 5.90. The van der Waals surface area contributed by atoms with E-state index in [0.717, 1.165) is 16.5 Å². The van der Waals surface area contributed by atoms with E-state index in [1.807, 2.05) is 31.2 Å². The van der Waals surface area contributed by atoms with Gasteiger partial charge in [0.1, 0.15) is 18.1 Å². The van der Waals surface area contributed by atoms with Crippen molar-refractivity contribution in [3.05, 3.63) is 48.6 Å². The molecule has 2 aromatic rings. The second-order valence-corrected chi connectivity index (χ2v) is 5.92. The highest BCUT2D eigenvalue weighted by Crippen LogP contribution is 2.28. The number of ether oxygens (including phenoxy) is 4. The molecule has 1 N–H and O–H groups in total. The Hall–Kier alpha value is -3.06. The Kier molecular flexibility index (Phi) is 8.30. The van der Waals surface area contributed by atoms with Crippen molar-refractivity contribution in [3.8, 4) is 11.5 Å². The number of nitrogens with one attached hydrogen (secondary N) is 1. The molecule has 7 heteroatoms. The van der Waals surface area contributed by atoms with Crippen LogP contribution >= 0.6 is 0 Å². The molecule has 0 aliphatic carbocycles. The summed E-state index contributed by atoms with van der Waals surface area (Å²) in [7, 11) is 0. The van der Waals surface area contributed by atoms with E-state index in [0.29, 0.717) is 17.9 Å². The molecule has 0 aliphatic rings. The predicted molar refractivity (Wildman–Crippen MR) is 106 cm³/mol. The van der Waals surface area contributed by atoms with Crippen LogP contribution in [-0.2, 0) is 14.3 Å². The molecule has 1 amide bonds. The first-order valence-electron chi connectivity index (χ1n) is 9.03. The van der Waals surface area contributed by atoms with Crippen LogP contribution in [-0.4, -0.2) is 45.0 Å². The number of fused-ring (bicyclic) bond motifs is 1. The van der Waals surface area contributed by atoms with Crippen LogP contribution in [0.4, 0.5) is 4.79 Å². The van der Waals surface area contributed by atoms with Crippen molar-refractivity contribution in [1.29, 1.82) is 0 Å². The van der Waals surface area contributed by atoms with Crippen LogP contribution < -0.4 is 14.8 Å². The van der Waals surface area contributed by atoms with Crippen molar-refractivity contribution in [1.82, 2.24) is 5.32 Å². The molecule has 0 atom stereocenters. The summed E-state index contributed by atoms with van der Waals surface area (Å²) < 4.78 is 21.0. The van der Waals surface area contributed by atoms with Crippen LogP contribution in [0.1, 0.15) is 13.8 Å². The zero-order valence-electron chi connectivity index (χ0n) is 16.2. The number of benzene rings is 2. The number of amides is 1. The maximum Gasteiger partial charge on any atom is 0.412 e. The van der Waals surface area contributed by atoms with Crippen molar-refractivity contribution in [2.75, 3.05) is 33.0 Å². The summed E-state index contributed by atoms with van der Waals surface area (Å²) in [6.07, 6.45) is -0.572. The lowest BCUT2D eigenvalue weighted by molar-refractivity contribution is -0.140. The maximum absolute atomic E-state index is 11.9. The van der Waals surface area contributed by atoms with Crippen LogP contribution in [0.5, 0.6) is 11.5 Å². The molecule has 0 unspecified atom stereocenters. The fourth-order valence-electron chi connectivity index (χ4n) is 2.36. The Bertz CT molecular complexity index is 833. The van der Waals surface area contributed by atoms with E-state index in [1.54, 1.807) is 19.1 Å². The molecule has 0 spiro atoms. The first kappa shape index (κ1) is 21.2. The number of hydrogen-bond donors (Lipinski definition) is 1. The summed E-state index contributed by atoms with van der Waals surface area (Å²) in [6.45, 7) is 8.49. The molecule has 2 rings (SSSR count). The zero-order valence-corrected chi connectivity index (χ0v) is 16.2. The number of esters is 1. The van der Waals surface area contributed by atoms with Gasteiger partial charge >= 0.3 is 12.1 Å². The fraction of sp³-hybridized carbons (Fsp3) is 0.333. The largest absolute Gasteiger partial charge is 0.493 e. The van der Waals surface area contributed by atoms with Gasteiger partial charge in [0.05, 0.1) is 19.8 Å². The molecule has 0 aromatic heterocycles. The van der Waals surface area contributed by atoms with Crippen molar-refractivity contribution in [3.63, 3.8) is 0 Å². The van der Waals surface area contributed by atoms with E-state index in [2.05, 4.69) is 11.9 Å². The molecule has 0 heterocycles. The first-order valence-corrected chi connectivity index (χ1v) is 9.03. The molecular formula is C21H25NO6. The van der Waals surface area contributed by atoms with Gasteiger partial charge in [-0.15, -0.1) is 0 Å². The summed E-state index contributed by atoms with van der Waals surface area (Å²) in [5, 5.41) is 4.47. The van der Waals surface area contributed by atoms with Crippen molar-refractivity contribution >= 4 is 22.8 Å². The SMILES string of the molecule is C=C(C)C(=O)OCCOCCNC(=O)Oc1ccc2c(OCC)cccc2c1. The van der Waals surface area contributed by atoms with Gasteiger partial charge in [0.2, 0.25) is 0 Å². The summed E-state index contributed by atoms with van der Waals surface area (Å²) in [5.74, 6) is 0.780. The Morgan fingerprint density at radius 1 is 1.11 bits per heavy atom.